The van der Waals surface area contributed by atoms with Gasteiger partial charge in [0.15, 0.2) is 6.08 Å². The van der Waals surface area contributed by atoms with Crippen molar-refractivity contribution in [1.82, 2.24) is 0 Å². The Morgan fingerprint density at radius 1 is 1.23 bits per heavy atom. The van der Waals surface area contributed by atoms with Crippen molar-refractivity contribution in [1.29, 1.82) is 5.26 Å². The van der Waals surface area contributed by atoms with E-state index in [1.165, 1.54) is 24.3 Å². The SMILES string of the molecule is [2H]C1(c2cccc(C#N)c2)OC(N)=C(OS(=O)(=O)Cc2ccccc2)C1=O. The first-order valence-electron chi connectivity index (χ1n) is 7.95. The lowest BCUT2D eigenvalue weighted by atomic mass is 10.0. The average Bonchev–Trinajstić information content (AvgIpc) is 2.86. The van der Waals surface area contributed by atoms with Gasteiger partial charge in [-0.1, -0.05) is 42.5 Å². The third-order valence-electron chi connectivity index (χ3n) is 3.50. The third-order valence-corrected chi connectivity index (χ3v) is 4.61. The molecule has 0 amide bonds. The summed E-state index contributed by atoms with van der Waals surface area (Å²) in [6, 6.07) is 15.8. The third kappa shape index (κ3) is 3.68. The fourth-order valence-electron chi connectivity index (χ4n) is 2.35. The molecule has 0 bridgehead atoms. The number of carbonyl (C=O) groups is 1. The molecule has 1 unspecified atom stereocenters. The van der Waals surface area contributed by atoms with Crippen LogP contribution in [-0.2, 0) is 29.6 Å². The van der Waals surface area contributed by atoms with Crippen molar-refractivity contribution in [2.24, 2.45) is 5.73 Å². The number of ketones is 1. The summed E-state index contributed by atoms with van der Waals surface area (Å²) in [5.74, 6) is -2.89. The van der Waals surface area contributed by atoms with E-state index in [0.717, 1.165) is 0 Å². The predicted octanol–water partition coefficient (Wildman–Crippen LogP) is 1.87. The van der Waals surface area contributed by atoms with Crippen LogP contribution < -0.4 is 5.73 Å². The quantitative estimate of drug-likeness (QED) is 0.797. The number of Topliss-reactive ketones (excluding diaryl/α,β-unsaturated/α-hetero) is 1. The highest BCUT2D eigenvalue weighted by Gasteiger charge is 2.39. The van der Waals surface area contributed by atoms with Gasteiger partial charge in [0, 0.05) is 5.56 Å². The van der Waals surface area contributed by atoms with Crippen molar-refractivity contribution in [2.75, 3.05) is 0 Å². The zero-order valence-corrected chi connectivity index (χ0v) is 14.2. The Kier molecular flexibility index (Phi) is 4.29. The molecule has 1 aliphatic heterocycles. The Morgan fingerprint density at radius 3 is 2.65 bits per heavy atom. The fourth-order valence-corrected chi connectivity index (χ4v) is 3.42. The highest BCUT2D eigenvalue weighted by Crippen LogP contribution is 2.33. The number of hydrogen-bond donors (Lipinski definition) is 1. The summed E-state index contributed by atoms with van der Waals surface area (Å²) in [7, 11) is -4.20. The first-order valence-corrected chi connectivity index (χ1v) is 9.03. The van der Waals surface area contributed by atoms with Crippen molar-refractivity contribution >= 4 is 15.9 Å². The van der Waals surface area contributed by atoms with E-state index in [-0.39, 0.29) is 11.1 Å². The van der Waals surface area contributed by atoms with Crippen LogP contribution >= 0.6 is 0 Å². The lowest BCUT2D eigenvalue weighted by Crippen LogP contribution is -2.16. The number of ether oxygens (including phenoxy) is 1. The smallest absolute Gasteiger partial charge is 0.313 e. The van der Waals surface area contributed by atoms with Gasteiger partial charge in [0.1, 0.15) is 5.75 Å². The molecular formula is C18H14N2O5S. The number of nitrogens with zero attached hydrogens (tertiary/aromatic N) is 1. The molecule has 3 rings (SSSR count). The molecule has 8 heteroatoms. The maximum atomic E-state index is 12.6. The number of nitriles is 1. The number of hydrogen-bond acceptors (Lipinski definition) is 7. The van der Waals surface area contributed by atoms with Crippen molar-refractivity contribution in [2.45, 2.75) is 11.8 Å². The van der Waals surface area contributed by atoms with Crippen LogP contribution in [0.1, 0.15) is 24.1 Å². The van der Waals surface area contributed by atoms with Crippen LogP contribution in [-0.4, -0.2) is 14.2 Å². The van der Waals surface area contributed by atoms with E-state index in [1.54, 1.807) is 30.3 Å². The Labute approximate surface area is 151 Å². The van der Waals surface area contributed by atoms with Gasteiger partial charge >= 0.3 is 10.1 Å². The molecule has 1 heterocycles. The van der Waals surface area contributed by atoms with Crippen molar-refractivity contribution in [3.05, 3.63) is 82.9 Å². The maximum Gasteiger partial charge on any atom is 0.313 e. The molecule has 0 saturated heterocycles. The molecule has 1 atom stereocenters. The molecule has 7 nitrogen and oxygen atoms in total. The average molecular weight is 371 g/mol. The Balaban J connectivity index is 1.86. The standard InChI is InChI=1S/C18H14N2O5S/c19-10-13-7-4-8-14(9-13)16-15(21)17(18(20)24-16)25-26(22,23)11-12-5-2-1-3-6-12/h1-9,16H,11,20H2/i16D. The molecule has 0 radical (unpaired) electrons. The summed E-state index contributed by atoms with van der Waals surface area (Å²) in [6.45, 7) is 0. The van der Waals surface area contributed by atoms with Gasteiger partial charge in [0.25, 0.3) is 0 Å². The van der Waals surface area contributed by atoms with E-state index < -0.39 is 39.4 Å². The van der Waals surface area contributed by atoms with Crippen LogP contribution in [0.15, 0.2) is 66.2 Å². The Hall–Kier alpha value is -3.31. The molecule has 2 aromatic rings. The van der Waals surface area contributed by atoms with Gasteiger partial charge in [0.05, 0.1) is 13.0 Å². The van der Waals surface area contributed by atoms with Gasteiger partial charge in [-0.3, -0.25) is 4.79 Å². The minimum absolute atomic E-state index is 0.0357. The molecule has 0 saturated carbocycles. The van der Waals surface area contributed by atoms with E-state index in [2.05, 4.69) is 0 Å². The summed E-state index contributed by atoms with van der Waals surface area (Å²) in [5.41, 5.74) is 6.32. The molecule has 0 fully saturated rings. The van der Waals surface area contributed by atoms with Crippen molar-refractivity contribution in [3.63, 3.8) is 0 Å². The largest absolute Gasteiger partial charge is 0.460 e. The zero-order valence-electron chi connectivity index (χ0n) is 14.4. The van der Waals surface area contributed by atoms with Gasteiger partial charge in [-0.25, -0.2) is 0 Å². The van der Waals surface area contributed by atoms with Crippen LogP contribution in [0.4, 0.5) is 0 Å². The maximum absolute atomic E-state index is 12.6. The zero-order chi connectivity index (χ0) is 19.7. The van der Waals surface area contributed by atoms with E-state index in [1.807, 2.05) is 6.07 Å². The molecular weight excluding hydrogens is 356 g/mol. The summed E-state index contributed by atoms with van der Waals surface area (Å²) < 4.78 is 42.9. The number of rotatable bonds is 5. The first-order chi connectivity index (χ1) is 12.7. The second-order valence-corrected chi connectivity index (χ2v) is 6.99. The van der Waals surface area contributed by atoms with E-state index in [0.29, 0.717) is 5.56 Å². The van der Waals surface area contributed by atoms with Crippen LogP contribution in [0.2, 0.25) is 0 Å². The molecule has 26 heavy (non-hydrogen) atoms. The number of benzene rings is 2. The van der Waals surface area contributed by atoms with Crippen LogP contribution in [0.3, 0.4) is 0 Å². The lowest BCUT2D eigenvalue weighted by Gasteiger charge is -2.10. The number of carbonyl (C=O) groups excluding carboxylic acids is 1. The van der Waals surface area contributed by atoms with E-state index >= 15 is 0 Å². The number of nitrogens with two attached hydrogens (primary N) is 1. The minimum atomic E-state index is -4.20. The topological polar surface area (TPSA) is 119 Å². The molecule has 2 aromatic carbocycles. The summed E-state index contributed by atoms with van der Waals surface area (Å²) in [4.78, 5) is 12.6. The van der Waals surface area contributed by atoms with Gasteiger partial charge in [-0.2, -0.15) is 13.7 Å². The van der Waals surface area contributed by atoms with Gasteiger partial charge in [0.2, 0.25) is 17.4 Å². The second kappa shape index (κ2) is 6.90. The Morgan fingerprint density at radius 2 is 1.96 bits per heavy atom. The lowest BCUT2D eigenvalue weighted by molar-refractivity contribution is -0.123. The molecule has 132 valence electrons. The van der Waals surface area contributed by atoms with Gasteiger partial charge in [-0.15, -0.1) is 0 Å². The molecule has 0 spiro atoms. The minimum Gasteiger partial charge on any atom is -0.460 e. The predicted molar refractivity (Wildman–Crippen MR) is 91.4 cm³/mol. The summed E-state index contributed by atoms with van der Waals surface area (Å²) in [6.07, 6.45) is -2.32. The highest BCUT2D eigenvalue weighted by molar-refractivity contribution is 7.86. The second-order valence-electron chi connectivity index (χ2n) is 5.42. The van der Waals surface area contributed by atoms with E-state index in [9.17, 15) is 13.2 Å². The van der Waals surface area contributed by atoms with Crippen LogP contribution in [0.5, 0.6) is 0 Å². The monoisotopic (exact) mass is 371 g/mol. The highest BCUT2D eigenvalue weighted by atomic mass is 32.2. The normalized spacial score (nSPS) is 20.3. The van der Waals surface area contributed by atoms with Crippen LogP contribution in [0.25, 0.3) is 0 Å². The van der Waals surface area contributed by atoms with Crippen molar-refractivity contribution in [3.8, 4) is 6.07 Å². The van der Waals surface area contributed by atoms with E-state index in [4.69, 9.17) is 21.3 Å². The summed E-state index contributed by atoms with van der Waals surface area (Å²) >= 11 is 0. The Bertz CT molecular complexity index is 1080. The van der Waals surface area contributed by atoms with Gasteiger partial charge < -0.3 is 14.7 Å². The summed E-state index contributed by atoms with van der Waals surface area (Å²) in [5, 5.41) is 8.98. The van der Waals surface area contributed by atoms with Crippen molar-refractivity contribution < 1.29 is 23.5 Å². The molecule has 0 aromatic heterocycles. The fraction of sp³-hybridized carbons (Fsp3) is 0.111. The molecule has 2 N–H and O–H groups in total. The molecule has 1 aliphatic rings. The van der Waals surface area contributed by atoms with Gasteiger partial charge in [-0.05, 0) is 17.7 Å². The molecule has 0 aliphatic carbocycles. The van der Waals surface area contributed by atoms with Crippen LogP contribution in [0, 0.1) is 11.3 Å². The first kappa shape index (κ1) is 16.2.